The molecule has 1 heterocycles. The second-order valence-corrected chi connectivity index (χ2v) is 6.95. The third-order valence-electron chi connectivity index (χ3n) is 4.72. The standard InChI is InChI=1S/C22H23ClN2O2.ClH/c1-2-19(26)21-20(15-8-4-3-5-9-15)18-14-16(23)10-11-17(18)22(27)25(21)13-7-6-12-24;/h3-5,8-11,14H,2,6-7,12-13,24H2,1H3;1H. The second kappa shape index (κ2) is 9.87. The van der Waals surface area contributed by atoms with Crippen molar-refractivity contribution in [2.45, 2.75) is 32.7 Å². The molecule has 0 unspecified atom stereocenters. The molecule has 1 aromatic heterocycles. The third-order valence-corrected chi connectivity index (χ3v) is 4.95. The van der Waals surface area contributed by atoms with Crippen LogP contribution in [0.3, 0.4) is 0 Å². The Morgan fingerprint density at radius 2 is 1.79 bits per heavy atom. The molecule has 2 aromatic carbocycles. The van der Waals surface area contributed by atoms with E-state index in [9.17, 15) is 9.59 Å². The van der Waals surface area contributed by atoms with Crippen LogP contribution in [0.4, 0.5) is 0 Å². The van der Waals surface area contributed by atoms with E-state index in [1.165, 1.54) is 0 Å². The highest BCUT2D eigenvalue weighted by molar-refractivity contribution is 6.31. The van der Waals surface area contributed by atoms with Crippen LogP contribution in [0.15, 0.2) is 53.3 Å². The number of nitrogens with zero attached hydrogens (tertiary/aromatic N) is 1. The highest BCUT2D eigenvalue weighted by Gasteiger charge is 2.22. The molecular formula is C22H24Cl2N2O2. The van der Waals surface area contributed by atoms with E-state index in [4.69, 9.17) is 17.3 Å². The van der Waals surface area contributed by atoms with E-state index in [-0.39, 0.29) is 23.7 Å². The monoisotopic (exact) mass is 418 g/mol. The number of rotatable bonds is 7. The van der Waals surface area contributed by atoms with Gasteiger partial charge in [0.1, 0.15) is 0 Å². The Labute approximate surface area is 175 Å². The lowest BCUT2D eigenvalue weighted by atomic mass is 9.94. The van der Waals surface area contributed by atoms with Crippen LogP contribution in [0.25, 0.3) is 21.9 Å². The fraction of sp³-hybridized carbons (Fsp3) is 0.273. The van der Waals surface area contributed by atoms with Gasteiger partial charge in [0.05, 0.1) is 5.69 Å². The van der Waals surface area contributed by atoms with Crippen LogP contribution in [-0.4, -0.2) is 16.9 Å². The molecule has 0 spiro atoms. The van der Waals surface area contributed by atoms with Crippen molar-refractivity contribution in [2.75, 3.05) is 6.54 Å². The van der Waals surface area contributed by atoms with Gasteiger partial charge in [-0.05, 0) is 48.5 Å². The molecule has 0 amide bonds. The molecule has 0 saturated heterocycles. The van der Waals surface area contributed by atoms with Crippen molar-refractivity contribution in [3.63, 3.8) is 0 Å². The van der Waals surface area contributed by atoms with Gasteiger partial charge in [-0.2, -0.15) is 0 Å². The summed E-state index contributed by atoms with van der Waals surface area (Å²) in [4.78, 5) is 26.1. The lowest BCUT2D eigenvalue weighted by molar-refractivity contribution is 0.0978. The first-order valence-corrected chi connectivity index (χ1v) is 9.61. The highest BCUT2D eigenvalue weighted by Crippen LogP contribution is 2.33. The molecule has 0 aliphatic rings. The molecule has 0 fully saturated rings. The van der Waals surface area contributed by atoms with Gasteiger partial charge < -0.3 is 10.3 Å². The van der Waals surface area contributed by atoms with E-state index in [2.05, 4.69) is 0 Å². The number of carbonyl (C=O) groups excluding carboxylic acids is 1. The fourth-order valence-electron chi connectivity index (χ4n) is 3.40. The average molecular weight is 419 g/mol. The molecule has 0 saturated carbocycles. The molecule has 0 atom stereocenters. The second-order valence-electron chi connectivity index (χ2n) is 6.51. The van der Waals surface area contributed by atoms with E-state index in [0.717, 1.165) is 24.0 Å². The van der Waals surface area contributed by atoms with Crippen LogP contribution in [0, 0.1) is 0 Å². The number of pyridine rings is 1. The summed E-state index contributed by atoms with van der Waals surface area (Å²) in [5.41, 5.74) is 7.58. The van der Waals surface area contributed by atoms with Gasteiger partial charge in [-0.15, -0.1) is 12.4 Å². The average Bonchev–Trinajstić information content (AvgIpc) is 2.69. The van der Waals surface area contributed by atoms with E-state index in [1.807, 2.05) is 37.3 Å². The summed E-state index contributed by atoms with van der Waals surface area (Å²) in [7, 11) is 0. The molecule has 0 bridgehead atoms. The summed E-state index contributed by atoms with van der Waals surface area (Å²) < 4.78 is 1.63. The molecule has 3 rings (SSSR count). The SMILES string of the molecule is CCC(=O)c1c(-c2ccccc2)c2cc(Cl)ccc2c(=O)n1CCCCN.Cl. The van der Waals surface area contributed by atoms with Crippen LogP contribution in [0.1, 0.15) is 36.7 Å². The Balaban J connectivity index is 0.00000280. The maximum Gasteiger partial charge on any atom is 0.259 e. The number of halogens is 2. The molecular weight excluding hydrogens is 395 g/mol. The number of ketones is 1. The zero-order chi connectivity index (χ0) is 19.4. The van der Waals surface area contributed by atoms with Gasteiger partial charge in [-0.3, -0.25) is 9.59 Å². The number of Topliss-reactive ketones (excluding diaryl/α,β-unsaturated/α-hetero) is 1. The minimum absolute atomic E-state index is 0. The van der Waals surface area contributed by atoms with Crippen LogP contribution < -0.4 is 11.3 Å². The summed E-state index contributed by atoms with van der Waals surface area (Å²) in [5.74, 6) is -0.0550. The van der Waals surface area contributed by atoms with Gasteiger partial charge in [0.25, 0.3) is 5.56 Å². The molecule has 0 aliphatic carbocycles. The van der Waals surface area contributed by atoms with Crippen molar-refractivity contribution in [3.05, 3.63) is 69.6 Å². The van der Waals surface area contributed by atoms with Crippen LogP contribution >= 0.6 is 24.0 Å². The van der Waals surface area contributed by atoms with Crippen molar-refractivity contribution in [2.24, 2.45) is 5.73 Å². The molecule has 6 heteroatoms. The summed E-state index contributed by atoms with van der Waals surface area (Å²) >= 11 is 6.23. The maximum absolute atomic E-state index is 13.2. The first-order valence-electron chi connectivity index (χ1n) is 9.23. The highest BCUT2D eigenvalue weighted by atomic mass is 35.5. The Kier molecular flexibility index (Phi) is 7.81. The molecule has 4 nitrogen and oxygen atoms in total. The molecule has 0 radical (unpaired) electrons. The number of aromatic nitrogens is 1. The van der Waals surface area contributed by atoms with Crippen molar-refractivity contribution in [1.29, 1.82) is 0 Å². The summed E-state index contributed by atoms with van der Waals surface area (Å²) in [6.07, 6.45) is 1.86. The number of hydrogen-bond donors (Lipinski definition) is 1. The van der Waals surface area contributed by atoms with Gasteiger partial charge in [0.15, 0.2) is 5.78 Å². The molecule has 148 valence electrons. The number of benzene rings is 2. The van der Waals surface area contributed by atoms with E-state index in [0.29, 0.717) is 41.0 Å². The minimum Gasteiger partial charge on any atom is -0.330 e. The summed E-state index contributed by atoms with van der Waals surface area (Å²) in [6.45, 7) is 2.84. The smallest absolute Gasteiger partial charge is 0.259 e. The first kappa shape index (κ1) is 22.2. The molecule has 28 heavy (non-hydrogen) atoms. The minimum atomic E-state index is -0.157. The van der Waals surface area contributed by atoms with Crippen molar-refractivity contribution >= 4 is 40.6 Å². The van der Waals surface area contributed by atoms with Crippen molar-refractivity contribution in [1.82, 2.24) is 4.57 Å². The number of carbonyl (C=O) groups is 1. The van der Waals surface area contributed by atoms with E-state index in [1.54, 1.807) is 22.8 Å². The van der Waals surface area contributed by atoms with Crippen LogP contribution in [0.2, 0.25) is 5.02 Å². The van der Waals surface area contributed by atoms with Crippen LogP contribution in [0.5, 0.6) is 0 Å². The first-order chi connectivity index (χ1) is 13.1. The van der Waals surface area contributed by atoms with E-state index < -0.39 is 0 Å². The van der Waals surface area contributed by atoms with Gasteiger partial charge >= 0.3 is 0 Å². The Morgan fingerprint density at radius 3 is 2.43 bits per heavy atom. The van der Waals surface area contributed by atoms with E-state index >= 15 is 0 Å². The maximum atomic E-state index is 13.2. The molecule has 0 aliphatic heterocycles. The number of nitrogens with two attached hydrogens (primary N) is 1. The predicted molar refractivity (Wildman–Crippen MR) is 119 cm³/mol. The van der Waals surface area contributed by atoms with Crippen LogP contribution in [-0.2, 0) is 6.54 Å². The predicted octanol–water partition coefficient (Wildman–Crippen LogP) is 5.08. The summed E-state index contributed by atoms with van der Waals surface area (Å²) in [5, 5.41) is 1.82. The Hall–Kier alpha value is -2.14. The van der Waals surface area contributed by atoms with Gasteiger partial charge in [-0.1, -0.05) is 48.9 Å². The lowest BCUT2D eigenvalue weighted by Crippen LogP contribution is -2.27. The van der Waals surface area contributed by atoms with Crippen molar-refractivity contribution in [3.8, 4) is 11.1 Å². The number of fused-ring (bicyclic) bond motifs is 1. The molecule has 2 N–H and O–H groups in total. The topological polar surface area (TPSA) is 65.1 Å². The fourth-order valence-corrected chi connectivity index (χ4v) is 3.57. The Bertz CT molecular complexity index is 1030. The normalized spacial score (nSPS) is 10.7. The zero-order valence-corrected chi connectivity index (χ0v) is 17.4. The van der Waals surface area contributed by atoms with Gasteiger partial charge in [0.2, 0.25) is 0 Å². The van der Waals surface area contributed by atoms with Gasteiger partial charge in [-0.25, -0.2) is 0 Å². The quantitative estimate of drug-likeness (QED) is 0.429. The number of unbranched alkanes of at least 4 members (excludes halogenated alkanes) is 1. The summed E-state index contributed by atoms with van der Waals surface area (Å²) in [6, 6.07) is 14.9. The van der Waals surface area contributed by atoms with Crippen molar-refractivity contribution < 1.29 is 4.79 Å². The zero-order valence-electron chi connectivity index (χ0n) is 15.8. The lowest BCUT2D eigenvalue weighted by Gasteiger charge is -2.19. The number of hydrogen-bond acceptors (Lipinski definition) is 3. The molecule has 3 aromatic rings. The Morgan fingerprint density at radius 1 is 1.07 bits per heavy atom. The largest absolute Gasteiger partial charge is 0.330 e. The van der Waals surface area contributed by atoms with Gasteiger partial charge in [0, 0.05) is 28.9 Å². The third kappa shape index (κ3) is 4.30.